The number of carbonyl (C=O) groups excluding carboxylic acids is 4. The second-order valence-electron chi connectivity index (χ2n) is 9.86. The van der Waals surface area contributed by atoms with Crippen LogP contribution in [0.15, 0.2) is 23.0 Å². The van der Waals surface area contributed by atoms with Crippen LogP contribution in [-0.4, -0.2) is 70.2 Å². The van der Waals surface area contributed by atoms with Crippen LogP contribution in [0.3, 0.4) is 0 Å². The van der Waals surface area contributed by atoms with Crippen LogP contribution in [0.2, 0.25) is 0 Å². The normalized spacial score (nSPS) is 24.9. The second kappa shape index (κ2) is 9.22. The zero-order valence-electron chi connectivity index (χ0n) is 20.8. The quantitative estimate of drug-likeness (QED) is 0.270. The van der Waals surface area contributed by atoms with E-state index in [4.69, 9.17) is 10.5 Å². The summed E-state index contributed by atoms with van der Waals surface area (Å²) in [4.78, 5) is 51.6. The number of aliphatic hydroxyl groups excluding tert-OH is 2. The molecule has 1 aromatic rings. The molecule has 0 aromatic heterocycles. The van der Waals surface area contributed by atoms with Crippen molar-refractivity contribution in [3.05, 3.63) is 39.7 Å². The number of phenols is 1. The van der Waals surface area contributed by atoms with Gasteiger partial charge in [0.2, 0.25) is 5.78 Å². The van der Waals surface area contributed by atoms with Gasteiger partial charge in [0, 0.05) is 44.1 Å². The summed E-state index contributed by atoms with van der Waals surface area (Å²) >= 11 is 0. The summed E-state index contributed by atoms with van der Waals surface area (Å²) in [7, 11) is 3.55. The topological polar surface area (TPSA) is 188 Å². The number of fused-ring (bicyclic) bond motifs is 3. The molecule has 3 atom stereocenters. The minimum atomic E-state index is -2.61. The Bertz CT molecular complexity index is 1290. The zero-order valence-corrected chi connectivity index (χ0v) is 20.8. The first kappa shape index (κ1) is 26.2. The number of aromatic hydroxyl groups is 1. The molecule has 0 bridgehead atoms. The summed E-state index contributed by atoms with van der Waals surface area (Å²) in [6, 6.07) is 1.71. The van der Waals surface area contributed by atoms with Crippen molar-refractivity contribution in [1.29, 1.82) is 0 Å². The number of hydrogen-bond donors (Lipinski definition) is 5. The van der Waals surface area contributed by atoms with Crippen LogP contribution in [0.4, 0.5) is 5.69 Å². The SMILES string of the molecule is CCOC(=O)CCc1cc(N(C)C)c2c(c1O)C(O)=C1C(=O)[C@]3(O)C(O)=C(C(N)=O)C(=O)C[C@@H]3C[C@@H]1C2. The summed E-state index contributed by atoms with van der Waals surface area (Å²) in [5.41, 5.74) is 3.12. The minimum Gasteiger partial charge on any atom is -0.508 e. The molecule has 0 heterocycles. The maximum atomic E-state index is 13.6. The number of ether oxygens (including phenoxy) is 1. The van der Waals surface area contributed by atoms with Gasteiger partial charge in [0.25, 0.3) is 5.91 Å². The number of anilines is 1. The lowest BCUT2D eigenvalue weighted by atomic mass is 9.59. The molecule has 0 unspecified atom stereocenters. The van der Waals surface area contributed by atoms with Crippen LogP contribution >= 0.6 is 0 Å². The molecule has 1 saturated carbocycles. The molecule has 3 aliphatic carbocycles. The van der Waals surface area contributed by atoms with E-state index in [1.807, 2.05) is 0 Å². The van der Waals surface area contributed by atoms with Crippen LogP contribution in [-0.2, 0) is 36.8 Å². The van der Waals surface area contributed by atoms with Gasteiger partial charge >= 0.3 is 5.97 Å². The van der Waals surface area contributed by atoms with E-state index in [1.54, 1.807) is 32.0 Å². The monoisotopic (exact) mass is 514 g/mol. The number of nitrogens with two attached hydrogens (primary N) is 1. The molecule has 198 valence electrons. The van der Waals surface area contributed by atoms with E-state index in [0.29, 0.717) is 16.8 Å². The van der Waals surface area contributed by atoms with Gasteiger partial charge in [-0.25, -0.2) is 0 Å². The highest BCUT2D eigenvalue weighted by atomic mass is 16.5. The highest BCUT2D eigenvalue weighted by Gasteiger charge is 2.60. The average Bonchev–Trinajstić information content (AvgIpc) is 2.80. The van der Waals surface area contributed by atoms with Gasteiger partial charge in [0.05, 0.1) is 12.2 Å². The van der Waals surface area contributed by atoms with E-state index < -0.39 is 58.0 Å². The molecule has 1 amide bonds. The fraction of sp³-hybridized carbons (Fsp3) is 0.462. The maximum Gasteiger partial charge on any atom is 0.306 e. The van der Waals surface area contributed by atoms with E-state index in [1.165, 1.54) is 0 Å². The summed E-state index contributed by atoms with van der Waals surface area (Å²) in [5, 5.41) is 44.5. The number of benzene rings is 1. The van der Waals surface area contributed by atoms with Gasteiger partial charge in [-0.05, 0) is 49.3 Å². The van der Waals surface area contributed by atoms with E-state index in [9.17, 15) is 39.6 Å². The number of ketones is 2. The smallest absolute Gasteiger partial charge is 0.306 e. The number of aliphatic hydroxyl groups is 3. The Morgan fingerprint density at radius 2 is 1.86 bits per heavy atom. The lowest BCUT2D eigenvalue weighted by Crippen LogP contribution is -2.58. The Morgan fingerprint density at radius 3 is 2.46 bits per heavy atom. The molecular weight excluding hydrogens is 484 g/mol. The van der Waals surface area contributed by atoms with Gasteiger partial charge in [0.15, 0.2) is 11.4 Å². The third-order valence-corrected chi connectivity index (χ3v) is 7.50. The third kappa shape index (κ3) is 3.93. The fourth-order valence-electron chi connectivity index (χ4n) is 5.78. The van der Waals surface area contributed by atoms with Gasteiger partial charge in [-0.1, -0.05) is 0 Å². The number of rotatable bonds is 6. The second-order valence-corrected chi connectivity index (χ2v) is 9.86. The van der Waals surface area contributed by atoms with Crippen molar-refractivity contribution in [3.63, 3.8) is 0 Å². The first-order valence-corrected chi connectivity index (χ1v) is 12.0. The van der Waals surface area contributed by atoms with Crippen LogP contribution in [0.5, 0.6) is 5.75 Å². The van der Waals surface area contributed by atoms with Crippen molar-refractivity contribution < 1.29 is 44.3 Å². The average molecular weight is 515 g/mol. The number of phenolic OH excluding ortho intramolecular Hbond substituents is 1. The molecule has 4 rings (SSSR count). The van der Waals surface area contributed by atoms with Gasteiger partial charge < -0.3 is 35.8 Å². The number of nitrogens with zero attached hydrogens (tertiary/aromatic N) is 1. The van der Waals surface area contributed by atoms with E-state index >= 15 is 0 Å². The number of esters is 1. The van der Waals surface area contributed by atoms with Crippen LogP contribution in [0.1, 0.15) is 42.9 Å². The molecule has 1 aromatic carbocycles. The molecular formula is C26H30N2O9. The number of aryl methyl sites for hydroxylation is 1. The molecule has 11 heteroatoms. The Morgan fingerprint density at radius 1 is 1.19 bits per heavy atom. The molecule has 3 aliphatic rings. The molecule has 37 heavy (non-hydrogen) atoms. The van der Waals surface area contributed by atoms with Gasteiger partial charge in [-0.2, -0.15) is 0 Å². The van der Waals surface area contributed by atoms with Gasteiger partial charge in [0.1, 0.15) is 22.8 Å². The van der Waals surface area contributed by atoms with Gasteiger partial charge in [-0.3, -0.25) is 19.2 Å². The number of carbonyl (C=O) groups is 4. The molecule has 1 fully saturated rings. The summed E-state index contributed by atoms with van der Waals surface area (Å²) in [6.45, 7) is 1.89. The summed E-state index contributed by atoms with van der Waals surface area (Å²) < 4.78 is 4.96. The maximum absolute atomic E-state index is 13.6. The number of Topliss-reactive ketones (excluding diaryl/α,β-unsaturated/α-hetero) is 2. The number of hydrogen-bond acceptors (Lipinski definition) is 10. The fourth-order valence-corrected chi connectivity index (χ4v) is 5.78. The van der Waals surface area contributed by atoms with Crippen molar-refractivity contribution in [2.24, 2.45) is 17.6 Å². The predicted molar refractivity (Wildman–Crippen MR) is 131 cm³/mol. The van der Waals surface area contributed by atoms with Crippen LogP contribution in [0, 0.1) is 11.8 Å². The van der Waals surface area contributed by atoms with Crippen molar-refractivity contribution >= 4 is 34.9 Å². The van der Waals surface area contributed by atoms with Crippen molar-refractivity contribution in [3.8, 4) is 5.75 Å². The predicted octanol–water partition coefficient (Wildman–Crippen LogP) is 0.986. The first-order chi connectivity index (χ1) is 17.3. The largest absolute Gasteiger partial charge is 0.508 e. The summed E-state index contributed by atoms with van der Waals surface area (Å²) in [6.07, 6.45) is -0.0241. The van der Waals surface area contributed by atoms with E-state index in [2.05, 4.69) is 0 Å². The Kier molecular flexibility index (Phi) is 6.53. The molecule has 0 aliphatic heterocycles. The van der Waals surface area contributed by atoms with Crippen LogP contribution in [0.25, 0.3) is 5.76 Å². The van der Waals surface area contributed by atoms with Crippen LogP contribution < -0.4 is 10.6 Å². The van der Waals surface area contributed by atoms with E-state index in [-0.39, 0.29) is 55.6 Å². The number of amides is 1. The highest BCUT2D eigenvalue weighted by Crippen LogP contribution is 2.53. The Balaban J connectivity index is 1.87. The van der Waals surface area contributed by atoms with Crippen molar-refractivity contribution in [2.75, 3.05) is 25.6 Å². The molecule has 6 N–H and O–H groups in total. The molecule has 0 radical (unpaired) electrons. The molecule has 11 nitrogen and oxygen atoms in total. The molecule has 0 saturated heterocycles. The zero-order chi connectivity index (χ0) is 27.4. The standard InChI is InChI=1S/C26H30N2O9/c1-4-37-17(30)6-5-11-9-15(28(2)3)14-8-12-7-13-10-16(29)20(25(27)35)24(34)26(13,36)23(33)18(12)22(32)19(14)21(11)31/h9,12-13,31-32,34,36H,4-8,10H2,1-3H3,(H2,27,35)/t12-,13+,26+/m1/s1. The lowest BCUT2D eigenvalue weighted by molar-refractivity contribution is -0.147. The molecule has 0 spiro atoms. The first-order valence-electron chi connectivity index (χ1n) is 12.0. The Hall–Kier alpha value is -3.86. The number of primary amides is 1. The summed E-state index contributed by atoms with van der Waals surface area (Å²) in [5.74, 6) is -7.18. The van der Waals surface area contributed by atoms with E-state index in [0.717, 1.165) is 0 Å². The Labute approximate surface area is 212 Å². The third-order valence-electron chi connectivity index (χ3n) is 7.50. The van der Waals surface area contributed by atoms with Crippen molar-refractivity contribution in [1.82, 2.24) is 0 Å². The van der Waals surface area contributed by atoms with Crippen molar-refractivity contribution in [2.45, 2.75) is 44.6 Å². The highest BCUT2D eigenvalue weighted by molar-refractivity contribution is 6.22. The minimum absolute atomic E-state index is 0.00260. The van der Waals surface area contributed by atoms with Gasteiger partial charge in [-0.15, -0.1) is 0 Å². The lowest BCUT2D eigenvalue weighted by Gasteiger charge is -2.46.